The van der Waals surface area contributed by atoms with E-state index >= 15 is 0 Å². The van der Waals surface area contributed by atoms with Crippen LogP contribution in [0.3, 0.4) is 0 Å². The number of carbonyl (C=O) groups excluding carboxylic acids is 1. The molecule has 0 radical (unpaired) electrons. The number of nitrogens with zero attached hydrogens (tertiary/aromatic N) is 3. The number of carbonyl (C=O) groups is 1. The molecule has 1 aromatic heterocycles. The van der Waals surface area contributed by atoms with Crippen LogP contribution in [0, 0.1) is 0 Å². The van der Waals surface area contributed by atoms with Crippen molar-refractivity contribution in [2.45, 2.75) is 33.6 Å². The summed E-state index contributed by atoms with van der Waals surface area (Å²) in [5, 5.41) is 6.14. The number of aromatic nitrogens is 1. The molecule has 0 atom stereocenters. The summed E-state index contributed by atoms with van der Waals surface area (Å²) in [6.45, 7) is 12.4. The molecule has 0 unspecified atom stereocenters. The molecule has 1 aliphatic heterocycles. The number of benzene rings is 1. The molecule has 1 aliphatic rings. The maximum absolute atomic E-state index is 12.5. The molecular formula is C26H36N4O2S. The highest BCUT2D eigenvalue weighted by atomic mass is 32.1. The number of allylic oxidation sites excluding steroid dienone is 3. The highest BCUT2D eigenvalue weighted by molar-refractivity contribution is 7.13. The van der Waals surface area contributed by atoms with Crippen LogP contribution in [0.4, 0.5) is 5.13 Å². The summed E-state index contributed by atoms with van der Waals surface area (Å²) in [5.74, 6) is 0.732. The van der Waals surface area contributed by atoms with Crippen LogP contribution in [0.1, 0.15) is 44.0 Å². The lowest BCUT2D eigenvalue weighted by molar-refractivity contribution is 0.0947. The number of ether oxygens (including phenoxy) is 1. The molecular weight excluding hydrogens is 432 g/mol. The van der Waals surface area contributed by atoms with Gasteiger partial charge < -0.3 is 15.0 Å². The van der Waals surface area contributed by atoms with E-state index in [0.717, 1.165) is 56.4 Å². The lowest BCUT2D eigenvalue weighted by atomic mass is 10.1. The fraction of sp³-hybridized carbons (Fsp3) is 0.462. The first kappa shape index (κ1) is 25.0. The summed E-state index contributed by atoms with van der Waals surface area (Å²) in [6.07, 6.45) is 8.35. The molecule has 178 valence electrons. The standard InChI is InChI=1S/C26H36N4O2S/c1-21(2)5-4-6-22(3)11-19-32-24-9-7-23(8-10-24)25(31)27-12-14-29-15-17-30(18-16-29)26-28-13-20-33-26/h5,7-11,13,20H,4,6,12,14-19H2,1-3H3,(H,27,31)/b22-11+. The Morgan fingerprint density at radius 2 is 1.88 bits per heavy atom. The molecule has 2 aromatic rings. The van der Waals surface area contributed by atoms with Gasteiger partial charge in [-0.3, -0.25) is 9.69 Å². The van der Waals surface area contributed by atoms with E-state index < -0.39 is 0 Å². The van der Waals surface area contributed by atoms with Gasteiger partial charge >= 0.3 is 0 Å². The van der Waals surface area contributed by atoms with E-state index in [9.17, 15) is 4.79 Å². The molecule has 1 fully saturated rings. The molecule has 3 rings (SSSR count). The average Bonchev–Trinajstić information content (AvgIpc) is 3.35. The first-order chi connectivity index (χ1) is 16.0. The normalized spacial score (nSPS) is 14.8. The Kier molecular flexibility index (Phi) is 9.97. The first-order valence-electron chi connectivity index (χ1n) is 11.7. The van der Waals surface area contributed by atoms with Gasteiger partial charge in [-0.05, 0) is 64.0 Å². The molecule has 0 bridgehead atoms. The highest BCUT2D eigenvalue weighted by Crippen LogP contribution is 2.18. The van der Waals surface area contributed by atoms with Gasteiger partial charge in [0.2, 0.25) is 0 Å². The lowest BCUT2D eigenvalue weighted by Gasteiger charge is -2.34. The van der Waals surface area contributed by atoms with Crippen LogP contribution in [-0.2, 0) is 0 Å². The van der Waals surface area contributed by atoms with Crippen molar-refractivity contribution < 1.29 is 9.53 Å². The van der Waals surface area contributed by atoms with Crippen molar-refractivity contribution >= 4 is 22.4 Å². The predicted octanol–water partition coefficient (Wildman–Crippen LogP) is 4.77. The van der Waals surface area contributed by atoms with Crippen LogP contribution in [0.25, 0.3) is 0 Å². The molecule has 0 spiro atoms. The second-order valence-electron chi connectivity index (χ2n) is 8.61. The van der Waals surface area contributed by atoms with Gasteiger partial charge in [0.25, 0.3) is 5.91 Å². The van der Waals surface area contributed by atoms with Gasteiger partial charge in [-0.25, -0.2) is 4.98 Å². The number of amides is 1. The molecule has 0 aliphatic carbocycles. The average molecular weight is 469 g/mol. The number of hydrogen-bond acceptors (Lipinski definition) is 6. The number of hydrogen-bond donors (Lipinski definition) is 1. The Bertz CT molecular complexity index is 910. The maximum Gasteiger partial charge on any atom is 0.251 e. The van der Waals surface area contributed by atoms with Gasteiger partial charge in [0.05, 0.1) is 0 Å². The van der Waals surface area contributed by atoms with Crippen molar-refractivity contribution in [2.24, 2.45) is 0 Å². The molecule has 1 amide bonds. The summed E-state index contributed by atoms with van der Waals surface area (Å²) in [4.78, 5) is 21.6. The van der Waals surface area contributed by atoms with Crippen molar-refractivity contribution in [2.75, 3.05) is 50.8 Å². The van der Waals surface area contributed by atoms with Gasteiger partial charge in [0.15, 0.2) is 5.13 Å². The molecule has 7 heteroatoms. The number of thiazole rings is 1. The predicted molar refractivity (Wildman–Crippen MR) is 137 cm³/mol. The molecule has 1 aromatic carbocycles. The summed E-state index contributed by atoms with van der Waals surface area (Å²) in [6, 6.07) is 7.36. The van der Waals surface area contributed by atoms with Crippen LogP contribution < -0.4 is 15.0 Å². The minimum absolute atomic E-state index is 0.0435. The summed E-state index contributed by atoms with van der Waals surface area (Å²) < 4.78 is 5.80. The number of rotatable bonds is 11. The second-order valence-corrected chi connectivity index (χ2v) is 9.48. The third-order valence-electron chi connectivity index (χ3n) is 5.67. The minimum atomic E-state index is -0.0435. The zero-order valence-corrected chi connectivity index (χ0v) is 20.9. The largest absolute Gasteiger partial charge is 0.490 e. The monoisotopic (exact) mass is 468 g/mol. The van der Waals surface area contributed by atoms with Gasteiger partial charge in [0, 0.05) is 56.4 Å². The molecule has 33 heavy (non-hydrogen) atoms. The van der Waals surface area contributed by atoms with Crippen LogP contribution in [0.5, 0.6) is 5.75 Å². The molecule has 1 saturated heterocycles. The number of anilines is 1. The highest BCUT2D eigenvalue weighted by Gasteiger charge is 2.18. The van der Waals surface area contributed by atoms with Gasteiger partial charge in [-0.15, -0.1) is 11.3 Å². The van der Waals surface area contributed by atoms with Crippen molar-refractivity contribution in [1.82, 2.24) is 15.2 Å². The smallest absolute Gasteiger partial charge is 0.251 e. The van der Waals surface area contributed by atoms with Crippen LogP contribution in [-0.4, -0.2) is 61.7 Å². The lowest BCUT2D eigenvalue weighted by Crippen LogP contribution is -2.48. The van der Waals surface area contributed by atoms with Crippen LogP contribution >= 0.6 is 11.3 Å². The van der Waals surface area contributed by atoms with E-state index in [4.69, 9.17) is 4.74 Å². The fourth-order valence-electron chi connectivity index (χ4n) is 3.64. The van der Waals surface area contributed by atoms with E-state index in [1.54, 1.807) is 11.3 Å². The molecule has 1 N–H and O–H groups in total. The molecule has 0 saturated carbocycles. The number of nitrogens with one attached hydrogen (secondary N) is 1. The second kappa shape index (κ2) is 13.2. The Morgan fingerprint density at radius 1 is 1.12 bits per heavy atom. The summed E-state index contributed by atoms with van der Waals surface area (Å²) >= 11 is 1.69. The van der Waals surface area contributed by atoms with Crippen molar-refractivity contribution in [3.63, 3.8) is 0 Å². The quantitative estimate of drug-likeness (QED) is 0.482. The Hall–Kier alpha value is -2.64. The van der Waals surface area contributed by atoms with Gasteiger partial charge in [-0.2, -0.15) is 0 Å². The van der Waals surface area contributed by atoms with Gasteiger partial charge in [0.1, 0.15) is 12.4 Å². The Balaban J connectivity index is 1.32. The zero-order chi connectivity index (χ0) is 23.5. The third kappa shape index (κ3) is 8.67. The summed E-state index contributed by atoms with van der Waals surface area (Å²) in [7, 11) is 0. The van der Waals surface area contributed by atoms with Crippen molar-refractivity contribution in [1.29, 1.82) is 0 Å². The van der Waals surface area contributed by atoms with Crippen molar-refractivity contribution in [3.8, 4) is 5.75 Å². The zero-order valence-electron chi connectivity index (χ0n) is 20.0. The first-order valence-corrected chi connectivity index (χ1v) is 12.6. The summed E-state index contributed by atoms with van der Waals surface area (Å²) in [5.41, 5.74) is 3.34. The Morgan fingerprint density at radius 3 is 2.55 bits per heavy atom. The van der Waals surface area contributed by atoms with Crippen LogP contribution in [0.2, 0.25) is 0 Å². The molecule has 6 nitrogen and oxygen atoms in total. The SMILES string of the molecule is CC(C)=CCC/C(C)=C/COc1ccc(C(=O)NCCN2CCN(c3nccs3)CC2)cc1. The topological polar surface area (TPSA) is 57.7 Å². The van der Waals surface area contributed by atoms with Crippen molar-refractivity contribution in [3.05, 3.63) is 64.7 Å². The van der Waals surface area contributed by atoms with Gasteiger partial charge in [-0.1, -0.05) is 17.2 Å². The number of piperazine rings is 1. The Labute approximate surface area is 202 Å². The van der Waals surface area contributed by atoms with E-state index in [0.29, 0.717) is 18.7 Å². The van der Waals surface area contributed by atoms with E-state index in [2.05, 4.69) is 53.0 Å². The van der Waals surface area contributed by atoms with Crippen LogP contribution in [0.15, 0.2) is 59.1 Å². The molecule has 2 heterocycles. The van der Waals surface area contributed by atoms with E-state index in [-0.39, 0.29) is 5.91 Å². The van der Waals surface area contributed by atoms with E-state index in [1.807, 2.05) is 35.8 Å². The van der Waals surface area contributed by atoms with E-state index in [1.165, 1.54) is 11.1 Å². The third-order valence-corrected chi connectivity index (χ3v) is 6.50. The fourth-order valence-corrected chi connectivity index (χ4v) is 4.33. The maximum atomic E-state index is 12.5. The minimum Gasteiger partial charge on any atom is -0.490 e.